The lowest BCUT2D eigenvalue weighted by Crippen LogP contribution is -2.30. The second-order valence-corrected chi connectivity index (χ2v) is 3.47. The van der Waals surface area contributed by atoms with E-state index in [9.17, 15) is 8.78 Å². The van der Waals surface area contributed by atoms with Crippen molar-refractivity contribution in [2.75, 3.05) is 0 Å². The molecule has 1 N–H and O–H groups in total. The fraction of sp³-hybridized carbons (Fsp3) is 0.750. The van der Waals surface area contributed by atoms with Crippen molar-refractivity contribution >= 4 is 0 Å². The summed E-state index contributed by atoms with van der Waals surface area (Å²) in [5.41, 5.74) is 0. The van der Waals surface area contributed by atoms with Crippen molar-refractivity contribution in [3.05, 3.63) is 12.2 Å². The normalized spacial score (nSPS) is 41.9. The zero-order valence-electron chi connectivity index (χ0n) is 6.00. The van der Waals surface area contributed by atoms with Gasteiger partial charge >= 0.3 is 6.11 Å². The molecular weight excluding hydrogens is 150 g/mol. The number of hydrogen-bond donors (Lipinski definition) is 1. The molecule has 0 aromatic carbocycles. The number of alkyl halides is 2. The highest BCUT2D eigenvalue weighted by atomic mass is 19.3. The summed E-state index contributed by atoms with van der Waals surface area (Å²) in [6.45, 7) is 0. The van der Waals surface area contributed by atoms with Crippen LogP contribution in [0.4, 0.5) is 8.78 Å². The van der Waals surface area contributed by atoms with Crippen LogP contribution >= 0.6 is 0 Å². The van der Waals surface area contributed by atoms with Crippen LogP contribution in [-0.4, -0.2) is 11.2 Å². The molecule has 0 spiro atoms. The molecule has 0 aromatic rings. The molecule has 0 heterocycles. The van der Waals surface area contributed by atoms with E-state index >= 15 is 0 Å². The van der Waals surface area contributed by atoms with Gasteiger partial charge in [-0.05, 0) is 24.7 Å². The zero-order valence-corrected chi connectivity index (χ0v) is 6.00. The second kappa shape index (κ2) is 2.03. The minimum absolute atomic E-state index is 0.0833. The van der Waals surface area contributed by atoms with E-state index in [2.05, 4.69) is 0 Å². The molecule has 2 aliphatic rings. The van der Waals surface area contributed by atoms with Crippen LogP contribution in [0.3, 0.4) is 0 Å². The Morgan fingerprint density at radius 1 is 1.27 bits per heavy atom. The average Bonchev–Trinajstić information content (AvgIpc) is 2.42. The number of halogens is 2. The molecule has 0 aliphatic heterocycles. The lowest BCUT2D eigenvalue weighted by molar-refractivity contribution is -0.242. The molecule has 2 bridgehead atoms. The quantitative estimate of drug-likeness (QED) is 0.580. The maximum absolute atomic E-state index is 12.4. The van der Waals surface area contributed by atoms with Crippen LogP contribution in [0.1, 0.15) is 12.8 Å². The van der Waals surface area contributed by atoms with Gasteiger partial charge in [0.1, 0.15) is 0 Å². The predicted molar refractivity (Wildman–Crippen MR) is 36.0 cm³/mol. The van der Waals surface area contributed by atoms with E-state index < -0.39 is 12.0 Å². The molecule has 1 saturated carbocycles. The highest BCUT2D eigenvalue weighted by Crippen LogP contribution is 2.48. The number of rotatable bonds is 1. The van der Waals surface area contributed by atoms with Crippen LogP contribution < -0.4 is 0 Å². The van der Waals surface area contributed by atoms with Gasteiger partial charge in [-0.1, -0.05) is 12.2 Å². The van der Waals surface area contributed by atoms with Gasteiger partial charge in [0.25, 0.3) is 0 Å². The molecule has 0 saturated heterocycles. The minimum Gasteiger partial charge on any atom is -0.336 e. The molecule has 11 heavy (non-hydrogen) atoms. The summed E-state index contributed by atoms with van der Waals surface area (Å²) >= 11 is 0. The molecular formula is C8H10F2O. The average molecular weight is 160 g/mol. The third-order valence-electron chi connectivity index (χ3n) is 2.73. The Morgan fingerprint density at radius 2 is 2.00 bits per heavy atom. The third-order valence-corrected chi connectivity index (χ3v) is 2.73. The number of allylic oxidation sites excluding steroid dienone is 2. The Morgan fingerprint density at radius 3 is 2.27 bits per heavy atom. The largest absolute Gasteiger partial charge is 0.356 e. The Labute approximate surface area is 63.7 Å². The van der Waals surface area contributed by atoms with Crippen molar-refractivity contribution in [3.63, 3.8) is 0 Å². The van der Waals surface area contributed by atoms with Crippen LogP contribution in [0.2, 0.25) is 0 Å². The Balaban J connectivity index is 2.15. The van der Waals surface area contributed by atoms with Gasteiger partial charge < -0.3 is 5.11 Å². The molecule has 1 fully saturated rings. The van der Waals surface area contributed by atoms with E-state index in [1.54, 1.807) is 0 Å². The fourth-order valence-electron chi connectivity index (χ4n) is 2.18. The molecule has 3 heteroatoms. The van der Waals surface area contributed by atoms with Gasteiger partial charge in [-0.15, -0.1) is 0 Å². The van der Waals surface area contributed by atoms with Crippen molar-refractivity contribution in [3.8, 4) is 0 Å². The van der Waals surface area contributed by atoms with E-state index in [1.165, 1.54) is 0 Å². The lowest BCUT2D eigenvalue weighted by atomic mass is 9.93. The maximum atomic E-state index is 12.4. The fourth-order valence-corrected chi connectivity index (χ4v) is 2.18. The van der Waals surface area contributed by atoms with Crippen LogP contribution in [0.25, 0.3) is 0 Å². The smallest absolute Gasteiger partial charge is 0.336 e. The summed E-state index contributed by atoms with van der Waals surface area (Å²) in [5, 5.41) is 8.47. The summed E-state index contributed by atoms with van der Waals surface area (Å²) in [7, 11) is 0. The highest BCUT2D eigenvalue weighted by molar-refractivity contribution is 5.11. The van der Waals surface area contributed by atoms with Crippen LogP contribution in [0.15, 0.2) is 12.2 Å². The molecule has 3 unspecified atom stereocenters. The number of fused-ring (bicyclic) bond motifs is 2. The van der Waals surface area contributed by atoms with Gasteiger partial charge in [0.15, 0.2) is 0 Å². The summed E-state index contributed by atoms with van der Waals surface area (Å²) in [6.07, 6.45) is 1.57. The molecule has 1 nitrogen and oxygen atoms in total. The number of hydrogen-bond acceptors (Lipinski definition) is 1. The first kappa shape index (κ1) is 7.22. The van der Waals surface area contributed by atoms with Gasteiger partial charge in [-0.3, -0.25) is 0 Å². The zero-order chi connectivity index (χ0) is 8.06. The van der Waals surface area contributed by atoms with E-state index in [4.69, 9.17) is 5.11 Å². The molecule has 3 atom stereocenters. The summed E-state index contributed by atoms with van der Waals surface area (Å²) in [5.74, 6) is -0.611. The monoisotopic (exact) mass is 160 g/mol. The van der Waals surface area contributed by atoms with Gasteiger partial charge in [-0.25, -0.2) is 0 Å². The van der Waals surface area contributed by atoms with E-state index in [0.717, 1.165) is 6.42 Å². The lowest BCUT2D eigenvalue weighted by Gasteiger charge is -2.22. The minimum atomic E-state index is -3.47. The molecule has 2 rings (SSSR count). The second-order valence-electron chi connectivity index (χ2n) is 3.47. The van der Waals surface area contributed by atoms with Gasteiger partial charge in [-0.2, -0.15) is 8.78 Å². The Bertz CT molecular complexity index is 195. The van der Waals surface area contributed by atoms with Crippen LogP contribution in [0.5, 0.6) is 0 Å². The van der Waals surface area contributed by atoms with E-state index in [-0.39, 0.29) is 5.92 Å². The summed E-state index contributed by atoms with van der Waals surface area (Å²) < 4.78 is 24.8. The molecule has 62 valence electrons. The molecule has 0 amide bonds. The summed E-state index contributed by atoms with van der Waals surface area (Å²) in [6, 6.07) is 0. The third kappa shape index (κ3) is 1.07. The van der Waals surface area contributed by atoms with Gasteiger partial charge in [0, 0.05) is 0 Å². The maximum Gasteiger partial charge on any atom is 0.356 e. The first-order chi connectivity index (χ1) is 5.07. The Hall–Kier alpha value is -0.440. The van der Waals surface area contributed by atoms with Crippen molar-refractivity contribution in [1.29, 1.82) is 0 Å². The van der Waals surface area contributed by atoms with Crippen LogP contribution in [-0.2, 0) is 0 Å². The van der Waals surface area contributed by atoms with Crippen LogP contribution in [0, 0.1) is 17.8 Å². The highest BCUT2D eigenvalue weighted by Gasteiger charge is 2.49. The van der Waals surface area contributed by atoms with Crippen molar-refractivity contribution < 1.29 is 13.9 Å². The van der Waals surface area contributed by atoms with Crippen molar-refractivity contribution in [2.45, 2.75) is 19.0 Å². The molecule has 0 aromatic heterocycles. The molecule has 0 radical (unpaired) electrons. The predicted octanol–water partition coefficient (Wildman–Crippen LogP) is 1.78. The van der Waals surface area contributed by atoms with Crippen molar-refractivity contribution in [1.82, 2.24) is 0 Å². The topological polar surface area (TPSA) is 20.2 Å². The first-order valence-electron chi connectivity index (χ1n) is 3.86. The first-order valence-corrected chi connectivity index (χ1v) is 3.86. The Kier molecular flexibility index (Phi) is 1.34. The summed E-state index contributed by atoms with van der Waals surface area (Å²) in [4.78, 5) is 0. The van der Waals surface area contributed by atoms with Gasteiger partial charge in [0.2, 0.25) is 0 Å². The van der Waals surface area contributed by atoms with E-state index in [0.29, 0.717) is 12.3 Å². The number of aliphatic hydroxyl groups is 1. The van der Waals surface area contributed by atoms with Crippen molar-refractivity contribution in [2.24, 2.45) is 17.8 Å². The van der Waals surface area contributed by atoms with E-state index in [1.807, 2.05) is 12.2 Å². The SMILES string of the molecule is OC(F)(F)C1CC2C=CC1C2. The van der Waals surface area contributed by atoms with Gasteiger partial charge in [0.05, 0.1) is 5.92 Å². The molecule has 2 aliphatic carbocycles. The standard InChI is InChI=1S/C8H10F2O/c9-8(10,11)7-4-5-1-2-6(7)3-5/h1-2,5-7,11H,3-4H2.